The highest BCUT2D eigenvalue weighted by molar-refractivity contribution is 5.39. The molecule has 118 valence electrons. The van der Waals surface area contributed by atoms with Gasteiger partial charge in [0.25, 0.3) is 0 Å². The quantitative estimate of drug-likeness (QED) is 0.475. The van der Waals surface area contributed by atoms with E-state index in [2.05, 4.69) is 18.8 Å². The van der Waals surface area contributed by atoms with Gasteiger partial charge in [-0.2, -0.15) is 0 Å². The first-order valence-corrected chi connectivity index (χ1v) is 7.51. The van der Waals surface area contributed by atoms with Crippen molar-refractivity contribution < 1.29 is 14.2 Å². The third-order valence-electron chi connectivity index (χ3n) is 3.04. The summed E-state index contributed by atoms with van der Waals surface area (Å²) < 4.78 is 16.4. The van der Waals surface area contributed by atoms with Crippen LogP contribution in [0.1, 0.15) is 19.8 Å². The number of ether oxygens (including phenoxy) is 3. The third kappa shape index (κ3) is 7.16. The number of benzene rings is 1. The van der Waals surface area contributed by atoms with E-state index in [9.17, 15) is 0 Å². The highest BCUT2D eigenvalue weighted by atomic mass is 16.5. The number of methoxy groups -OCH3 is 1. The fourth-order valence-electron chi connectivity index (χ4n) is 1.90. The molecule has 4 nitrogen and oxygen atoms in total. The number of hydrogen-bond donors (Lipinski definition) is 1. The van der Waals surface area contributed by atoms with Crippen LogP contribution in [0.15, 0.2) is 36.9 Å². The van der Waals surface area contributed by atoms with Gasteiger partial charge >= 0.3 is 0 Å². The molecule has 0 amide bonds. The van der Waals surface area contributed by atoms with E-state index in [1.807, 2.05) is 30.3 Å². The van der Waals surface area contributed by atoms with Gasteiger partial charge in [-0.05, 0) is 25.0 Å². The van der Waals surface area contributed by atoms with E-state index in [4.69, 9.17) is 14.2 Å². The molecule has 21 heavy (non-hydrogen) atoms. The van der Waals surface area contributed by atoms with E-state index in [1.165, 1.54) is 0 Å². The lowest BCUT2D eigenvalue weighted by molar-refractivity contribution is 0.127. The van der Waals surface area contributed by atoms with E-state index in [1.54, 1.807) is 7.11 Å². The fraction of sp³-hybridized carbons (Fsp3) is 0.529. The van der Waals surface area contributed by atoms with Gasteiger partial charge in [0.2, 0.25) is 0 Å². The molecule has 0 aliphatic rings. The molecule has 0 saturated carbocycles. The molecule has 0 spiro atoms. The van der Waals surface area contributed by atoms with Crippen LogP contribution in [0, 0.1) is 0 Å². The van der Waals surface area contributed by atoms with Gasteiger partial charge in [-0.15, -0.1) is 6.58 Å². The Bertz CT molecular complexity index is 395. The van der Waals surface area contributed by atoms with Crippen LogP contribution in [-0.2, 0) is 4.74 Å². The molecule has 0 saturated heterocycles. The van der Waals surface area contributed by atoms with Crippen LogP contribution >= 0.6 is 0 Å². The van der Waals surface area contributed by atoms with Crippen molar-refractivity contribution in [3.63, 3.8) is 0 Å². The molecule has 0 aliphatic carbocycles. The lowest BCUT2D eigenvalue weighted by Gasteiger charge is -2.16. The van der Waals surface area contributed by atoms with Gasteiger partial charge in [-0.1, -0.05) is 25.1 Å². The van der Waals surface area contributed by atoms with E-state index in [0.717, 1.165) is 44.1 Å². The maximum atomic E-state index is 5.71. The van der Waals surface area contributed by atoms with E-state index in [0.29, 0.717) is 6.61 Å². The van der Waals surface area contributed by atoms with Crippen LogP contribution in [0.25, 0.3) is 0 Å². The Morgan fingerprint density at radius 2 is 1.95 bits per heavy atom. The zero-order valence-electron chi connectivity index (χ0n) is 13.1. The molecule has 0 aromatic heterocycles. The lowest BCUT2D eigenvalue weighted by Crippen LogP contribution is -2.32. The minimum Gasteiger partial charge on any atom is -0.493 e. The van der Waals surface area contributed by atoms with Gasteiger partial charge in [0.05, 0.1) is 7.11 Å². The Balaban J connectivity index is 2.20. The number of para-hydroxylation sites is 2. The summed E-state index contributed by atoms with van der Waals surface area (Å²) in [7, 11) is 1.64. The van der Waals surface area contributed by atoms with Crippen molar-refractivity contribution in [2.45, 2.75) is 25.8 Å². The van der Waals surface area contributed by atoms with Crippen LogP contribution in [0.3, 0.4) is 0 Å². The minimum absolute atomic E-state index is 0.253. The minimum atomic E-state index is 0.253. The predicted molar refractivity (Wildman–Crippen MR) is 86.2 cm³/mol. The Morgan fingerprint density at radius 1 is 1.19 bits per heavy atom. The summed E-state index contributed by atoms with van der Waals surface area (Å²) in [6.45, 7) is 8.87. The fourth-order valence-corrected chi connectivity index (χ4v) is 1.90. The molecule has 0 bridgehead atoms. The molecule has 1 rings (SSSR count). The van der Waals surface area contributed by atoms with Gasteiger partial charge in [0.1, 0.15) is 6.61 Å². The van der Waals surface area contributed by atoms with Gasteiger partial charge < -0.3 is 19.5 Å². The summed E-state index contributed by atoms with van der Waals surface area (Å²) in [5, 5.41) is 3.39. The molecule has 1 atom stereocenters. The van der Waals surface area contributed by atoms with Crippen LogP contribution in [-0.4, -0.2) is 39.5 Å². The molecular formula is C17H27NO3. The molecule has 0 unspecified atom stereocenters. The molecule has 0 radical (unpaired) electrons. The molecule has 4 heteroatoms. The van der Waals surface area contributed by atoms with Crippen molar-refractivity contribution in [3.8, 4) is 11.5 Å². The number of hydrogen-bond acceptors (Lipinski definition) is 4. The summed E-state index contributed by atoms with van der Waals surface area (Å²) in [5.41, 5.74) is 0. The summed E-state index contributed by atoms with van der Waals surface area (Å²) in [5.74, 6) is 1.52. The van der Waals surface area contributed by atoms with Crippen molar-refractivity contribution in [1.29, 1.82) is 0 Å². The average Bonchev–Trinajstić information content (AvgIpc) is 2.53. The second kappa shape index (κ2) is 11.2. The van der Waals surface area contributed by atoms with E-state index in [-0.39, 0.29) is 6.04 Å². The summed E-state index contributed by atoms with van der Waals surface area (Å²) in [6.07, 6.45) is 3.90. The largest absolute Gasteiger partial charge is 0.493 e. The molecule has 0 aliphatic heterocycles. The van der Waals surface area contributed by atoms with Gasteiger partial charge in [0.15, 0.2) is 11.5 Å². The Kier molecular flexibility index (Phi) is 9.33. The average molecular weight is 293 g/mol. The van der Waals surface area contributed by atoms with Crippen LogP contribution in [0.2, 0.25) is 0 Å². The first kappa shape index (κ1) is 17.5. The molecular weight excluding hydrogens is 266 g/mol. The van der Waals surface area contributed by atoms with Gasteiger partial charge in [-0.25, -0.2) is 0 Å². The molecule has 0 fully saturated rings. The van der Waals surface area contributed by atoms with Crippen LogP contribution in [0.5, 0.6) is 11.5 Å². The van der Waals surface area contributed by atoms with Gasteiger partial charge in [-0.3, -0.25) is 0 Å². The third-order valence-corrected chi connectivity index (χ3v) is 3.04. The monoisotopic (exact) mass is 293 g/mol. The SMILES string of the molecule is C=C[C@@H](CCOCCC)NCCOc1ccccc1OC. The summed E-state index contributed by atoms with van der Waals surface area (Å²) in [4.78, 5) is 0. The second-order valence-corrected chi connectivity index (χ2v) is 4.70. The maximum absolute atomic E-state index is 5.71. The van der Waals surface area contributed by atoms with E-state index < -0.39 is 0 Å². The topological polar surface area (TPSA) is 39.7 Å². The highest BCUT2D eigenvalue weighted by Gasteiger charge is 2.05. The normalized spacial score (nSPS) is 11.9. The van der Waals surface area contributed by atoms with Crippen molar-refractivity contribution >= 4 is 0 Å². The van der Waals surface area contributed by atoms with Crippen molar-refractivity contribution in [2.75, 3.05) is 33.5 Å². The molecule has 0 heterocycles. The first-order valence-electron chi connectivity index (χ1n) is 7.51. The van der Waals surface area contributed by atoms with Crippen LogP contribution in [0.4, 0.5) is 0 Å². The van der Waals surface area contributed by atoms with E-state index >= 15 is 0 Å². The molecule has 1 aromatic rings. The standard InChI is InChI=1S/C17H27NO3/c1-4-12-20-13-10-15(5-2)18-11-14-21-17-9-7-6-8-16(17)19-3/h5-9,15,18H,2,4,10-14H2,1,3H3/t15-/m0/s1. The summed E-state index contributed by atoms with van der Waals surface area (Å²) in [6, 6.07) is 7.91. The maximum Gasteiger partial charge on any atom is 0.161 e. The molecule has 1 aromatic carbocycles. The summed E-state index contributed by atoms with van der Waals surface area (Å²) >= 11 is 0. The van der Waals surface area contributed by atoms with Crippen molar-refractivity contribution in [1.82, 2.24) is 5.32 Å². The second-order valence-electron chi connectivity index (χ2n) is 4.70. The van der Waals surface area contributed by atoms with Gasteiger partial charge in [0, 0.05) is 25.8 Å². The smallest absolute Gasteiger partial charge is 0.161 e. The highest BCUT2D eigenvalue weighted by Crippen LogP contribution is 2.25. The predicted octanol–water partition coefficient (Wildman–Crippen LogP) is 3.03. The lowest BCUT2D eigenvalue weighted by atomic mass is 10.2. The Hall–Kier alpha value is -1.52. The van der Waals surface area contributed by atoms with Crippen molar-refractivity contribution in [2.24, 2.45) is 0 Å². The van der Waals surface area contributed by atoms with Crippen molar-refractivity contribution in [3.05, 3.63) is 36.9 Å². The Morgan fingerprint density at radius 3 is 2.62 bits per heavy atom. The first-order chi connectivity index (χ1) is 10.3. The number of rotatable bonds is 12. The number of nitrogens with one attached hydrogen (secondary N) is 1. The Labute approximate surface area is 128 Å². The van der Waals surface area contributed by atoms with Crippen LogP contribution < -0.4 is 14.8 Å². The molecule has 1 N–H and O–H groups in total. The zero-order chi connectivity index (χ0) is 15.3. The zero-order valence-corrected chi connectivity index (χ0v) is 13.1.